The maximum absolute atomic E-state index is 9.33. The van der Waals surface area contributed by atoms with Gasteiger partial charge in [-0.1, -0.05) is 39.2 Å². The molecule has 0 aromatic rings. The van der Waals surface area contributed by atoms with Crippen LogP contribution >= 0.6 is 0 Å². The topological polar surface area (TPSA) is 40.5 Å². The fourth-order valence-electron chi connectivity index (χ4n) is 1.40. The third kappa shape index (κ3) is 5.98. The van der Waals surface area contributed by atoms with E-state index in [9.17, 15) is 5.11 Å². The summed E-state index contributed by atoms with van der Waals surface area (Å²) in [5.41, 5.74) is 3.44. The van der Waals surface area contributed by atoms with Gasteiger partial charge < -0.3 is 10.2 Å². The van der Waals surface area contributed by atoms with E-state index >= 15 is 0 Å². The molecule has 0 aliphatic rings. The molecule has 0 bridgehead atoms. The minimum absolute atomic E-state index is 0.229. The fraction of sp³-hybridized carbons (Fsp3) is 0.750. The van der Waals surface area contributed by atoms with Gasteiger partial charge in [-0.2, -0.15) is 0 Å². The van der Waals surface area contributed by atoms with Crippen molar-refractivity contribution >= 4 is 0 Å². The molecule has 0 saturated carbocycles. The molecule has 2 nitrogen and oxygen atoms in total. The molecule has 0 aromatic carbocycles. The van der Waals surface area contributed by atoms with Gasteiger partial charge in [0.05, 0.1) is 6.61 Å². The Hall–Kier alpha value is -0.560. The monoisotopic (exact) mass is 198 g/mol. The molecule has 0 spiro atoms. The maximum atomic E-state index is 9.33. The molecule has 0 aliphatic carbocycles. The van der Waals surface area contributed by atoms with E-state index in [1.807, 2.05) is 0 Å². The van der Waals surface area contributed by atoms with Crippen LogP contribution in [0.2, 0.25) is 0 Å². The smallest absolute Gasteiger partial charge is 0.105 e. The van der Waals surface area contributed by atoms with Crippen molar-refractivity contribution in [1.29, 1.82) is 0 Å². The van der Waals surface area contributed by atoms with E-state index in [-0.39, 0.29) is 6.61 Å². The second-order valence-electron chi connectivity index (χ2n) is 3.56. The minimum Gasteiger partial charge on any atom is -0.393 e. The lowest BCUT2D eigenvalue weighted by Crippen LogP contribution is -2.14. The van der Waals surface area contributed by atoms with Gasteiger partial charge in [-0.05, 0) is 12.8 Å². The Bertz CT molecular complexity index is 181. The van der Waals surface area contributed by atoms with Gasteiger partial charge in [0.2, 0.25) is 0 Å². The average Bonchev–Trinajstić information content (AvgIpc) is 2.22. The van der Waals surface area contributed by atoms with E-state index in [2.05, 4.69) is 19.2 Å². The van der Waals surface area contributed by atoms with Crippen molar-refractivity contribution in [2.75, 3.05) is 6.61 Å². The van der Waals surface area contributed by atoms with Gasteiger partial charge in [0, 0.05) is 5.57 Å². The molecular weight excluding hydrogens is 176 g/mol. The van der Waals surface area contributed by atoms with Crippen LogP contribution in [0.3, 0.4) is 0 Å². The van der Waals surface area contributed by atoms with Gasteiger partial charge >= 0.3 is 0 Å². The SMILES string of the molecule is C=C=C(CCCCCCC)C(O)CO. The van der Waals surface area contributed by atoms with Crippen LogP contribution in [-0.4, -0.2) is 22.9 Å². The quantitative estimate of drug-likeness (QED) is 0.464. The van der Waals surface area contributed by atoms with Gasteiger partial charge in [0.15, 0.2) is 0 Å². The molecule has 0 radical (unpaired) electrons. The Morgan fingerprint density at radius 3 is 2.43 bits per heavy atom. The third-order valence-electron chi connectivity index (χ3n) is 2.35. The Balaban J connectivity index is 3.60. The summed E-state index contributed by atoms with van der Waals surface area (Å²) in [6.45, 7) is 5.47. The highest BCUT2D eigenvalue weighted by molar-refractivity contribution is 5.05. The van der Waals surface area contributed by atoms with E-state index in [0.717, 1.165) is 18.4 Å². The largest absolute Gasteiger partial charge is 0.393 e. The molecule has 0 heterocycles. The highest BCUT2D eigenvalue weighted by Crippen LogP contribution is 2.12. The first kappa shape index (κ1) is 13.4. The predicted octanol–water partition coefficient (Wildman–Crippen LogP) is 2.41. The number of unbranched alkanes of at least 4 members (excludes halogenated alkanes) is 4. The van der Waals surface area contributed by atoms with Gasteiger partial charge in [-0.25, -0.2) is 0 Å². The van der Waals surface area contributed by atoms with Crippen molar-refractivity contribution in [2.45, 2.75) is 51.6 Å². The van der Waals surface area contributed by atoms with Crippen LogP contribution in [0, 0.1) is 0 Å². The summed E-state index contributed by atoms with van der Waals surface area (Å²) < 4.78 is 0. The summed E-state index contributed by atoms with van der Waals surface area (Å²) in [6.07, 6.45) is 6.02. The molecule has 0 rings (SSSR count). The lowest BCUT2D eigenvalue weighted by atomic mass is 10.0. The van der Waals surface area contributed by atoms with E-state index < -0.39 is 6.10 Å². The first-order valence-corrected chi connectivity index (χ1v) is 5.44. The molecule has 2 N–H and O–H groups in total. The minimum atomic E-state index is -0.765. The molecule has 82 valence electrons. The van der Waals surface area contributed by atoms with Crippen molar-refractivity contribution in [3.05, 3.63) is 17.9 Å². The van der Waals surface area contributed by atoms with Gasteiger partial charge in [-0.15, -0.1) is 5.73 Å². The highest BCUT2D eigenvalue weighted by Gasteiger charge is 2.07. The first-order chi connectivity index (χ1) is 6.76. The Morgan fingerprint density at radius 2 is 1.93 bits per heavy atom. The molecule has 1 atom stereocenters. The first-order valence-electron chi connectivity index (χ1n) is 5.44. The van der Waals surface area contributed by atoms with E-state index in [1.165, 1.54) is 25.7 Å². The van der Waals surface area contributed by atoms with Crippen molar-refractivity contribution in [1.82, 2.24) is 0 Å². The Labute approximate surface area is 87.0 Å². The lowest BCUT2D eigenvalue weighted by molar-refractivity contribution is 0.119. The van der Waals surface area contributed by atoms with Crippen LogP contribution in [0.4, 0.5) is 0 Å². The van der Waals surface area contributed by atoms with Crippen LogP contribution in [-0.2, 0) is 0 Å². The summed E-state index contributed by atoms with van der Waals surface area (Å²) in [4.78, 5) is 0. The highest BCUT2D eigenvalue weighted by atomic mass is 16.3. The summed E-state index contributed by atoms with van der Waals surface area (Å²) in [7, 11) is 0. The number of aliphatic hydroxyl groups is 2. The Morgan fingerprint density at radius 1 is 1.29 bits per heavy atom. The summed E-state index contributed by atoms with van der Waals surface area (Å²) in [5, 5.41) is 18.1. The van der Waals surface area contributed by atoms with Crippen LogP contribution in [0.5, 0.6) is 0 Å². The number of aliphatic hydroxyl groups excluding tert-OH is 2. The maximum Gasteiger partial charge on any atom is 0.105 e. The molecule has 0 aliphatic heterocycles. The van der Waals surface area contributed by atoms with Crippen LogP contribution in [0.15, 0.2) is 17.9 Å². The number of rotatable bonds is 8. The molecular formula is C12H22O2. The number of hydrogen-bond donors (Lipinski definition) is 2. The second-order valence-corrected chi connectivity index (χ2v) is 3.56. The second kappa shape index (κ2) is 9.01. The van der Waals surface area contributed by atoms with E-state index in [0.29, 0.717) is 0 Å². The lowest BCUT2D eigenvalue weighted by Gasteiger charge is -2.09. The van der Waals surface area contributed by atoms with Crippen LogP contribution < -0.4 is 0 Å². The van der Waals surface area contributed by atoms with Gasteiger partial charge in [0.25, 0.3) is 0 Å². The zero-order valence-electron chi connectivity index (χ0n) is 9.13. The Kier molecular flexibility index (Phi) is 8.65. The number of hydrogen-bond acceptors (Lipinski definition) is 2. The molecule has 0 aromatic heterocycles. The average molecular weight is 198 g/mol. The molecule has 0 amide bonds. The standard InChI is InChI=1S/C12H22O2/c1-3-5-6-7-8-9-11(4-2)12(14)10-13/h12-14H,2-3,5-10H2,1H3. The zero-order valence-corrected chi connectivity index (χ0v) is 9.13. The van der Waals surface area contributed by atoms with Crippen LogP contribution in [0.1, 0.15) is 45.4 Å². The van der Waals surface area contributed by atoms with E-state index in [4.69, 9.17) is 5.11 Å². The fourth-order valence-corrected chi connectivity index (χ4v) is 1.40. The van der Waals surface area contributed by atoms with Gasteiger partial charge in [0.1, 0.15) is 6.10 Å². The molecule has 0 fully saturated rings. The van der Waals surface area contributed by atoms with Crippen molar-refractivity contribution < 1.29 is 10.2 Å². The van der Waals surface area contributed by atoms with Gasteiger partial charge in [-0.3, -0.25) is 0 Å². The van der Waals surface area contributed by atoms with Crippen LogP contribution in [0.25, 0.3) is 0 Å². The summed E-state index contributed by atoms with van der Waals surface area (Å²) in [6, 6.07) is 0. The summed E-state index contributed by atoms with van der Waals surface area (Å²) >= 11 is 0. The van der Waals surface area contributed by atoms with E-state index in [1.54, 1.807) is 0 Å². The summed E-state index contributed by atoms with van der Waals surface area (Å²) in [5.74, 6) is 0. The predicted molar refractivity (Wildman–Crippen MR) is 59.1 cm³/mol. The molecule has 2 heteroatoms. The normalized spacial score (nSPS) is 12.2. The van der Waals surface area contributed by atoms with Crippen molar-refractivity contribution in [2.24, 2.45) is 0 Å². The molecule has 0 saturated heterocycles. The van der Waals surface area contributed by atoms with Crippen molar-refractivity contribution in [3.8, 4) is 0 Å². The molecule has 1 unspecified atom stereocenters. The molecule has 14 heavy (non-hydrogen) atoms. The third-order valence-corrected chi connectivity index (χ3v) is 2.35. The van der Waals surface area contributed by atoms with Crippen molar-refractivity contribution in [3.63, 3.8) is 0 Å². The zero-order chi connectivity index (χ0) is 10.8.